The van der Waals surface area contributed by atoms with Crippen molar-refractivity contribution in [2.45, 2.75) is 32.2 Å². The molecule has 3 amide bonds. The van der Waals surface area contributed by atoms with Crippen molar-refractivity contribution in [3.63, 3.8) is 0 Å². The first-order chi connectivity index (χ1) is 17.0. The molecule has 0 unspecified atom stereocenters. The highest BCUT2D eigenvalue weighted by molar-refractivity contribution is 5.98. The Balaban J connectivity index is 1.43. The van der Waals surface area contributed by atoms with Crippen molar-refractivity contribution in [3.8, 4) is 17.2 Å². The van der Waals surface area contributed by atoms with Crippen molar-refractivity contribution < 1.29 is 28.6 Å². The van der Waals surface area contributed by atoms with Crippen LogP contribution in [0.25, 0.3) is 0 Å². The van der Waals surface area contributed by atoms with Crippen molar-refractivity contribution in [1.82, 2.24) is 15.5 Å². The van der Waals surface area contributed by atoms with Crippen molar-refractivity contribution in [2.24, 2.45) is 5.92 Å². The van der Waals surface area contributed by atoms with Crippen molar-refractivity contribution in [1.29, 1.82) is 0 Å². The predicted molar refractivity (Wildman–Crippen MR) is 129 cm³/mol. The summed E-state index contributed by atoms with van der Waals surface area (Å²) in [7, 11) is 1.57. The van der Waals surface area contributed by atoms with E-state index in [9.17, 15) is 14.4 Å². The lowest BCUT2D eigenvalue weighted by atomic mass is 9.88. The van der Waals surface area contributed by atoms with Gasteiger partial charge in [0.2, 0.25) is 12.7 Å². The SMILES string of the molecule is CCCNC(=O)[C@H](NC(=O)c1ccc2c(c1)OCO2)C1CCN(C(=O)c2cccc(OC)c2)CC1. The minimum atomic E-state index is -0.700. The molecule has 9 heteroatoms. The molecule has 2 N–H and O–H groups in total. The van der Waals surface area contributed by atoms with Gasteiger partial charge in [0.25, 0.3) is 11.8 Å². The van der Waals surface area contributed by atoms with E-state index in [1.54, 1.807) is 54.5 Å². The third-order valence-corrected chi connectivity index (χ3v) is 6.37. The number of fused-ring (bicyclic) bond motifs is 1. The van der Waals surface area contributed by atoms with Crippen molar-refractivity contribution in [2.75, 3.05) is 33.5 Å². The highest BCUT2D eigenvalue weighted by atomic mass is 16.7. The average molecular weight is 482 g/mol. The first-order valence-corrected chi connectivity index (χ1v) is 11.9. The highest BCUT2D eigenvalue weighted by Crippen LogP contribution is 2.32. The summed E-state index contributed by atoms with van der Waals surface area (Å²) in [5, 5.41) is 5.83. The summed E-state index contributed by atoms with van der Waals surface area (Å²) in [6, 6.07) is 11.3. The highest BCUT2D eigenvalue weighted by Gasteiger charge is 2.34. The van der Waals surface area contributed by atoms with Gasteiger partial charge in [0.05, 0.1) is 7.11 Å². The zero-order valence-electron chi connectivity index (χ0n) is 20.0. The topological polar surface area (TPSA) is 106 Å². The van der Waals surface area contributed by atoms with Gasteiger partial charge < -0.3 is 29.7 Å². The van der Waals surface area contributed by atoms with E-state index in [0.29, 0.717) is 60.9 Å². The number of benzene rings is 2. The Kier molecular flexibility index (Phi) is 7.74. The summed E-state index contributed by atoms with van der Waals surface area (Å²) < 4.78 is 15.9. The lowest BCUT2D eigenvalue weighted by Gasteiger charge is -2.36. The molecular formula is C26H31N3O6. The van der Waals surface area contributed by atoms with E-state index in [2.05, 4.69) is 10.6 Å². The van der Waals surface area contributed by atoms with E-state index in [-0.39, 0.29) is 30.4 Å². The molecule has 0 radical (unpaired) electrons. The molecule has 4 rings (SSSR count). The molecule has 0 bridgehead atoms. The summed E-state index contributed by atoms with van der Waals surface area (Å²) in [6.07, 6.45) is 1.99. The van der Waals surface area contributed by atoms with Crippen molar-refractivity contribution in [3.05, 3.63) is 53.6 Å². The normalized spacial score (nSPS) is 15.9. The first-order valence-electron chi connectivity index (χ1n) is 11.9. The number of hydrogen-bond donors (Lipinski definition) is 2. The van der Waals surface area contributed by atoms with Crippen LogP contribution in [0, 0.1) is 5.92 Å². The lowest BCUT2D eigenvalue weighted by molar-refractivity contribution is -0.124. The van der Waals surface area contributed by atoms with E-state index in [1.807, 2.05) is 6.92 Å². The van der Waals surface area contributed by atoms with Gasteiger partial charge in [-0.1, -0.05) is 13.0 Å². The number of ether oxygens (including phenoxy) is 3. The second kappa shape index (κ2) is 11.1. The number of likely N-dealkylation sites (tertiary alicyclic amines) is 1. The molecule has 0 aromatic heterocycles. The standard InChI is InChI=1S/C26H31N3O6/c1-3-11-27-25(31)23(28-24(30)18-7-8-21-22(15-18)35-16-34-21)17-9-12-29(13-10-17)26(32)19-5-4-6-20(14-19)33-2/h4-8,14-15,17,23H,3,9-13,16H2,1-2H3,(H,27,31)(H,28,30)/t23-/m1/s1. The van der Waals surface area contributed by atoms with Gasteiger partial charge in [0, 0.05) is 30.8 Å². The number of carbonyl (C=O) groups is 3. The molecule has 2 aromatic rings. The molecule has 9 nitrogen and oxygen atoms in total. The zero-order valence-corrected chi connectivity index (χ0v) is 20.0. The van der Waals surface area contributed by atoms with Gasteiger partial charge >= 0.3 is 0 Å². The van der Waals surface area contributed by atoms with Gasteiger partial charge in [-0.25, -0.2) is 0 Å². The number of nitrogens with one attached hydrogen (secondary N) is 2. The van der Waals surface area contributed by atoms with E-state index in [1.165, 1.54) is 0 Å². The zero-order chi connectivity index (χ0) is 24.8. The maximum atomic E-state index is 13.0. The molecule has 0 aliphatic carbocycles. The summed E-state index contributed by atoms with van der Waals surface area (Å²) in [5.74, 6) is 0.997. The van der Waals surface area contributed by atoms with E-state index < -0.39 is 6.04 Å². The number of rotatable bonds is 8. The van der Waals surface area contributed by atoms with Crippen LogP contribution in [0.4, 0.5) is 0 Å². The van der Waals surface area contributed by atoms with Gasteiger partial charge in [-0.15, -0.1) is 0 Å². The van der Waals surface area contributed by atoms with Crippen LogP contribution >= 0.6 is 0 Å². The van der Waals surface area contributed by atoms with Crippen LogP contribution in [-0.2, 0) is 4.79 Å². The molecule has 1 saturated heterocycles. The van der Waals surface area contributed by atoms with Gasteiger partial charge in [-0.2, -0.15) is 0 Å². The number of hydrogen-bond acceptors (Lipinski definition) is 6. The predicted octanol–water partition coefficient (Wildman–Crippen LogP) is 2.60. The molecular weight excluding hydrogens is 450 g/mol. The third-order valence-electron chi connectivity index (χ3n) is 6.37. The van der Waals surface area contributed by atoms with Crippen molar-refractivity contribution >= 4 is 17.7 Å². The van der Waals surface area contributed by atoms with Gasteiger partial charge in [-0.3, -0.25) is 14.4 Å². The molecule has 2 heterocycles. The quantitative estimate of drug-likeness (QED) is 0.600. The first kappa shape index (κ1) is 24.4. The molecule has 2 aliphatic heterocycles. The van der Waals surface area contributed by atoms with Gasteiger partial charge in [0.15, 0.2) is 11.5 Å². The maximum Gasteiger partial charge on any atom is 0.253 e. The molecule has 0 spiro atoms. The minimum absolute atomic E-state index is 0.0706. The van der Waals surface area contributed by atoms with Crippen LogP contribution in [-0.4, -0.2) is 62.2 Å². The van der Waals surface area contributed by atoms with Crippen LogP contribution in [0.15, 0.2) is 42.5 Å². The summed E-state index contributed by atoms with van der Waals surface area (Å²) in [4.78, 5) is 40.8. The fourth-order valence-electron chi connectivity index (χ4n) is 4.39. The van der Waals surface area contributed by atoms with E-state index in [0.717, 1.165) is 6.42 Å². The van der Waals surface area contributed by atoms with Gasteiger partial charge in [0.1, 0.15) is 11.8 Å². The van der Waals surface area contributed by atoms with E-state index >= 15 is 0 Å². The Bertz CT molecular complexity index is 1080. The molecule has 2 aliphatic rings. The van der Waals surface area contributed by atoms with Crippen LogP contribution < -0.4 is 24.8 Å². The Hall–Kier alpha value is -3.75. The van der Waals surface area contributed by atoms with Crippen LogP contribution in [0.1, 0.15) is 46.9 Å². The fourth-order valence-corrected chi connectivity index (χ4v) is 4.39. The second-order valence-electron chi connectivity index (χ2n) is 8.67. The minimum Gasteiger partial charge on any atom is -0.497 e. The van der Waals surface area contributed by atoms with Gasteiger partial charge in [-0.05, 0) is 61.6 Å². The summed E-state index contributed by atoms with van der Waals surface area (Å²) in [5.41, 5.74) is 0.962. The molecule has 35 heavy (non-hydrogen) atoms. The number of methoxy groups -OCH3 is 1. The van der Waals surface area contributed by atoms with Crippen LogP contribution in [0.2, 0.25) is 0 Å². The molecule has 186 valence electrons. The number of carbonyl (C=O) groups excluding carboxylic acids is 3. The molecule has 1 fully saturated rings. The monoisotopic (exact) mass is 481 g/mol. The third kappa shape index (κ3) is 5.67. The number of piperidine rings is 1. The molecule has 2 aromatic carbocycles. The van der Waals surface area contributed by atoms with Crippen LogP contribution in [0.5, 0.6) is 17.2 Å². The smallest absolute Gasteiger partial charge is 0.253 e. The average Bonchev–Trinajstić information content (AvgIpc) is 3.38. The number of amides is 3. The van der Waals surface area contributed by atoms with E-state index in [4.69, 9.17) is 14.2 Å². The Morgan fingerprint density at radius 3 is 2.57 bits per heavy atom. The summed E-state index contributed by atoms with van der Waals surface area (Å²) in [6.45, 7) is 3.62. The van der Waals surface area contributed by atoms with Crippen LogP contribution in [0.3, 0.4) is 0 Å². The Morgan fingerprint density at radius 2 is 1.83 bits per heavy atom. The maximum absolute atomic E-state index is 13.0. The molecule has 1 atom stereocenters. The fraction of sp³-hybridized carbons (Fsp3) is 0.423. The number of nitrogens with zero attached hydrogens (tertiary/aromatic N) is 1. The second-order valence-corrected chi connectivity index (χ2v) is 8.67. The Labute approximate surface area is 204 Å². The largest absolute Gasteiger partial charge is 0.497 e. The Morgan fingerprint density at radius 1 is 1.06 bits per heavy atom. The molecule has 0 saturated carbocycles. The lowest BCUT2D eigenvalue weighted by Crippen LogP contribution is -2.54. The summed E-state index contributed by atoms with van der Waals surface area (Å²) >= 11 is 0.